The van der Waals surface area contributed by atoms with Crippen molar-refractivity contribution < 1.29 is 0 Å². The summed E-state index contributed by atoms with van der Waals surface area (Å²) in [6, 6.07) is 111. The number of para-hydroxylation sites is 2. The summed E-state index contributed by atoms with van der Waals surface area (Å²) in [6.07, 6.45) is 0. The van der Waals surface area contributed by atoms with Crippen LogP contribution in [0.4, 0.5) is 17.1 Å². The normalized spacial score (nSPS) is 12.4. The zero-order valence-electron chi connectivity index (χ0n) is 41.3. The van der Waals surface area contributed by atoms with E-state index >= 15 is 0 Å². The average Bonchev–Trinajstić information content (AvgIpc) is 4.05. The number of rotatable bonds is 10. The summed E-state index contributed by atoms with van der Waals surface area (Å²) in [4.78, 5) is 2.36. The van der Waals surface area contributed by atoms with Gasteiger partial charge >= 0.3 is 0 Å². The lowest BCUT2D eigenvalue weighted by Gasteiger charge is -2.34. The summed E-state index contributed by atoms with van der Waals surface area (Å²) in [7, 11) is 0. The minimum Gasteiger partial charge on any atom is -0.310 e. The van der Waals surface area contributed by atoms with Crippen molar-refractivity contribution >= 4 is 38.9 Å². The van der Waals surface area contributed by atoms with Crippen molar-refractivity contribution in [3.8, 4) is 61.3 Å². The van der Waals surface area contributed by atoms with E-state index in [1.807, 2.05) is 0 Å². The predicted molar refractivity (Wildman–Crippen MR) is 315 cm³/mol. The Bertz CT molecular complexity index is 4160. The van der Waals surface area contributed by atoms with Crippen LogP contribution < -0.4 is 4.90 Å². The quantitative estimate of drug-likeness (QED) is 0.133. The molecule has 1 aliphatic carbocycles. The SMILES string of the molecule is c1ccc(-c2ccc(-c3ccc(N(c4ccccc4)c4cccc(-c5ccccc5-c5ccc6c7ccccc7n(-c7cccc8c7-c7ccccc7C8(c7ccccc7)c7ccccc7)c6c5)c4)cc3)cc2)cc1. The van der Waals surface area contributed by atoms with Crippen LogP contribution in [0.3, 0.4) is 0 Å². The zero-order valence-corrected chi connectivity index (χ0v) is 41.3. The van der Waals surface area contributed by atoms with Gasteiger partial charge in [-0.1, -0.05) is 249 Å². The topological polar surface area (TPSA) is 8.17 Å². The molecule has 0 aliphatic heterocycles. The molecule has 0 bridgehead atoms. The highest BCUT2D eigenvalue weighted by Crippen LogP contribution is 2.58. The summed E-state index contributed by atoms with van der Waals surface area (Å²) < 4.78 is 2.53. The molecule has 0 amide bonds. The summed E-state index contributed by atoms with van der Waals surface area (Å²) >= 11 is 0. The molecular formula is C73H50N2. The molecular weight excluding hydrogens is 905 g/mol. The van der Waals surface area contributed by atoms with Crippen LogP contribution in [0.15, 0.2) is 303 Å². The fourth-order valence-corrected chi connectivity index (χ4v) is 12.2. The standard InChI is InChI=1S/C73H50N2/c1-5-21-51(22-6-1)52-39-41-53(42-40-52)54-43-46-60(47-44-54)74(59-28-11-4-12-29-59)61-30-19-23-55(49-61)62-31-13-14-32-63(62)56-45-48-65-64-33-16-18-37-69(64)75(71(65)50-56)70-38-20-36-68-72(70)66-34-15-17-35-67(66)73(68,57-24-7-2-8-25-57)58-26-9-3-10-27-58/h1-50H. The number of hydrogen-bond acceptors (Lipinski definition) is 1. The lowest BCUT2D eigenvalue weighted by molar-refractivity contribution is 0.768. The first kappa shape index (κ1) is 44.0. The predicted octanol–water partition coefficient (Wildman–Crippen LogP) is 19.3. The maximum atomic E-state index is 2.53. The van der Waals surface area contributed by atoms with Crippen molar-refractivity contribution in [2.75, 3.05) is 4.90 Å². The van der Waals surface area contributed by atoms with E-state index in [-0.39, 0.29) is 0 Å². The van der Waals surface area contributed by atoms with E-state index in [9.17, 15) is 0 Å². The maximum Gasteiger partial charge on any atom is 0.0714 e. The molecule has 0 unspecified atom stereocenters. The molecule has 0 saturated heterocycles. The Kier molecular flexibility index (Phi) is 10.8. The Morgan fingerprint density at radius 1 is 0.267 bits per heavy atom. The van der Waals surface area contributed by atoms with Crippen molar-refractivity contribution in [1.82, 2.24) is 4.57 Å². The second-order valence-corrected chi connectivity index (χ2v) is 19.6. The van der Waals surface area contributed by atoms with Crippen molar-refractivity contribution in [3.63, 3.8) is 0 Å². The van der Waals surface area contributed by atoms with Crippen LogP contribution in [0, 0.1) is 0 Å². The Morgan fingerprint density at radius 3 is 1.37 bits per heavy atom. The van der Waals surface area contributed by atoms with E-state index in [0.717, 1.165) is 28.2 Å². The Labute approximate surface area is 438 Å². The van der Waals surface area contributed by atoms with Gasteiger partial charge in [0, 0.05) is 33.4 Å². The van der Waals surface area contributed by atoms with Crippen molar-refractivity contribution in [2.45, 2.75) is 5.41 Å². The number of aromatic nitrogens is 1. The van der Waals surface area contributed by atoms with Gasteiger partial charge in [0.1, 0.15) is 0 Å². The second kappa shape index (κ2) is 18.4. The fourth-order valence-electron chi connectivity index (χ4n) is 12.2. The molecule has 2 nitrogen and oxygen atoms in total. The molecule has 12 aromatic carbocycles. The largest absolute Gasteiger partial charge is 0.310 e. The van der Waals surface area contributed by atoms with Crippen LogP contribution in [-0.4, -0.2) is 4.57 Å². The van der Waals surface area contributed by atoms with Crippen LogP contribution in [0.5, 0.6) is 0 Å². The van der Waals surface area contributed by atoms with E-state index in [1.165, 1.54) is 94.3 Å². The van der Waals surface area contributed by atoms with Crippen LogP contribution in [-0.2, 0) is 5.41 Å². The molecule has 0 saturated carbocycles. The van der Waals surface area contributed by atoms with Gasteiger partial charge in [0.25, 0.3) is 0 Å². The van der Waals surface area contributed by atoms with E-state index in [0.29, 0.717) is 0 Å². The lowest BCUT2D eigenvalue weighted by Crippen LogP contribution is -2.28. The molecule has 352 valence electrons. The summed E-state index contributed by atoms with van der Waals surface area (Å²) in [5.74, 6) is 0. The monoisotopic (exact) mass is 954 g/mol. The first-order valence-electron chi connectivity index (χ1n) is 25.9. The minimum atomic E-state index is -0.503. The first-order valence-corrected chi connectivity index (χ1v) is 25.9. The van der Waals surface area contributed by atoms with Crippen molar-refractivity contribution in [3.05, 3.63) is 326 Å². The molecule has 14 rings (SSSR count). The smallest absolute Gasteiger partial charge is 0.0714 e. The fraction of sp³-hybridized carbons (Fsp3) is 0.0137. The van der Waals surface area contributed by atoms with Crippen LogP contribution in [0.2, 0.25) is 0 Å². The van der Waals surface area contributed by atoms with Gasteiger partial charge in [-0.2, -0.15) is 0 Å². The third-order valence-electron chi connectivity index (χ3n) is 15.5. The van der Waals surface area contributed by atoms with Crippen LogP contribution in [0.25, 0.3) is 83.1 Å². The molecule has 2 heteroatoms. The zero-order chi connectivity index (χ0) is 49.7. The molecule has 0 radical (unpaired) electrons. The summed E-state index contributed by atoms with van der Waals surface area (Å²) in [6.45, 7) is 0. The molecule has 75 heavy (non-hydrogen) atoms. The highest BCUT2D eigenvalue weighted by atomic mass is 15.1. The van der Waals surface area contributed by atoms with Gasteiger partial charge in [-0.25, -0.2) is 0 Å². The Hall–Kier alpha value is -9.76. The van der Waals surface area contributed by atoms with Crippen molar-refractivity contribution in [1.29, 1.82) is 0 Å². The van der Waals surface area contributed by atoms with Gasteiger partial charge in [0.15, 0.2) is 0 Å². The molecule has 1 aromatic heterocycles. The highest BCUT2D eigenvalue weighted by Gasteiger charge is 2.47. The average molecular weight is 955 g/mol. The van der Waals surface area contributed by atoms with Gasteiger partial charge in [0.05, 0.1) is 22.1 Å². The van der Waals surface area contributed by atoms with Gasteiger partial charge in [-0.3, -0.25) is 0 Å². The number of anilines is 3. The molecule has 13 aromatic rings. The van der Waals surface area contributed by atoms with E-state index < -0.39 is 5.41 Å². The van der Waals surface area contributed by atoms with E-state index in [2.05, 4.69) is 313 Å². The third kappa shape index (κ3) is 7.33. The number of nitrogens with zero attached hydrogens (tertiary/aromatic N) is 2. The number of benzene rings is 12. The lowest BCUT2D eigenvalue weighted by atomic mass is 9.68. The number of hydrogen-bond donors (Lipinski definition) is 0. The number of fused-ring (bicyclic) bond motifs is 6. The van der Waals surface area contributed by atoms with E-state index in [4.69, 9.17) is 0 Å². The van der Waals surface area contributed by atoms with Crippen LogP contribution in [0.1, 0.15) is 22.3 Å². The van der Waals surface area contributed by atoms with Gasteiger partial charge < -0.3 is 9.47 Å². The van der Waals surface area contributed by atoms with Crippen molar-refractivity contribution in [2.24, 2.45) is 0 Å². The minimum absolute atomic E-state index is 0.503. The van der Waals surface area contributed by atoms with Gasteiger partial charge in [-0.15, -0.1) is 0 Å². The second-order valence-electron chi connectivity index (χ2n) is 19.6. The molecule has 1 aliphatic rings. The molecule has 1 heterocycles. The molecule has 0 fully saturated rings. The molecule has 0 spiro atoms. The maximum absolute atomic E-state index is 2.53. The van der Waals surface area contributed by atoms with E-state index in [1.54, 1.807) is 0 Å². The Morgan fingerprint density at radius 2 is 0.707 bits per heavy atom. The summed E-state index contributed by atoms with van der Waals surface area (Å²) in [5, 5.41) is 2.46. The van der Waals surface area contributed by atoms with Gasteiger partial charge in [0.2, 0.25) is 0 Å². The summed E-state index contributed by atoms with van der Waals surface area (Å²) in [5.41, 5.74) is 23.4. The highest BCUT2D eigenvalue weighted by molar-refractivity contribution is 6.11. The Balaban J connectivity index is 0.886. The third-order valence-corrected chi connectivity index (χ3v) is 15.5. The van der Waals surface area contributed by atoms with Crippen LogP contribution >= 0.6 is 0 Å². The van der Waals surface area contributed by atoms with Gasteiger partial charge in [-0.05, 0) is 127 Å². The molecule has 0 N–H and O–H groups in total. The first-order chi connectivity index (χ1) is 37.2. The molecule has 0 atom stereocenters.